The topological polar surface area (TPSA) is 55.4 Å². The zero-order chi connectivity index (χ0) is 13.8. The summed E-state index contributed by atoms with van der Waals surface area (Å²) in [6.45, 7) is 2.18. The summed E-state index contributed by atoms with van der Waals surface area (Å²) in [6, 6.07) is 3.98. The summed E-state index contributed by atoms with van der Waals surface area (Å²) in [5, 5.41) is 0.491. The molecule has 0 saturated carbocycles. The van der Waals surface area contributed by atoms with Gasteiger partial charge in [0.05, 0.1) is 11.6 Å². The summed E-state index contributed by atoms with van der Waals surface area (Å²) in [5.74, 6) is 0. The highest BCUT2D eigenvalue weighted by atomic mass is 35.5. The van der Waals surface area contributed by atoms with Crippen molar-refractivity contribution in [3.8, 4) is 0 Å². The number of hydrogen-bond acceptors (Lipinski definition) is 3. The Bertz CT molecular complexity index is 505. The average Bonchev–Trinajstić information content (AvgIpc) is 2.27. The van der Waals surface area contributed by atoms with Crippen molar-refractivity contribution in [1.29, 1.82) is 0 Å². The number of sulfonamides is 1. The van der Waals surface area contributed by atoms with Crippen molar-refractivity contribution in [1.82, 2.24) is 4.72 Å². The van der Waals surface area contributed by atoms with Gasteiger partial charge in [-0.25, -0.2) is 13.1 Å². The third kappa shape index (κ3) is 4.10. The third-order valence-corrected chi connectivity index (χ3v) is 4.60. The van der Waals surface area contributed by atoms with Crippen LogP contribution in [0.1, 0.15) is 13.3 Å². The maximum absolute atomic E-state index is 12.1. The first-order chi connectivity index (χ1) is 8.40. The second-order valence-electron chi connectivity index (χ2n) is 3.76. The standard InChI is InChI=1S/C11H15Cl2NO3S/c1-3-9(7-17-2)14-18(15,16)11-5-4-8(12)6-10(11)13/h4-6,9,14H,3,7H2,1-2H3. The van der Waals surface area contributed by atoms with Crippen LogP contribution in [0, 0.1) is 0 Å². The number of ether oxygens (including phenoxy) is 1. The molecule has 0 fully saturated rings. The van der Waals surface area contributed by atoms with Crippen molar-refractivity contribution in [2.75, 3.05) is 13.7 Å². The Kier molecular flexibility index (Phi) is 5.88. The summed E-state index contributed by atoms with van der Waals surface area (Å²) in [5.41, 5.74) is 0. The number of nitrogens with one attached hydrogen (secondary N) is 1. The maximum atomic E-state index is 12.1. The molecule has 1 unspecified atom stereocenters. The van der Waals surface area contributed by atoms with Gasteiger partial charge in [-0.15, -0.1) is 0 Å². The second kappa shape index (κ2) is 6.73. The van der Waals surface area contributed by atoms with Crippen LogP contribution in [0.2, 0.25) is 10.0 Å². The van der Waals surface area contributed by atoms with E-state index in [2.05, 4.69) is 4.72 Å². The molecule has 0 heterocycles. The summed E-state index contributed by atoms with van der Waals surface area (Å²) in [6.07, 6.45) is 0.623. The fraction of sp³-hybridized carbons (Fsp3) is 0.455. The molecule has 7 heteroatoms. The van der Waals surface area contributed by atoms with Gasteiger partial charge in [0, 0.05) is 18.2 Å². The van der Waals surface area contributed by atoms with Crippen LogP contribution in [-0.2, 0) is 14.8 Å². The fourth-order valence-electron chi connectivity index (χ4n) is 1.41. The minimum absolute atomic E-state index is 0.0168. The fourth-order valence-corrected chi connectivity index (χ4v) is 3.49. The van der Waals surface area contributed by atoms with Gasteiger partial charge in [-0.05, 0) is 24.6 Å². The van der Waals surface area contributed by atoms with E-state index in [1.165, 1.54) is 25.3 Å². The van der Waals surface area contributed by atoms with Crippen molar-refractivity contribution in [2.45, 2.75) is 24.3 Å². The predicted molar refractivity (Wildman–Crippen MR) is 72.7 cm³/mol. The highest BCUT2D eigenvalue weighted by molar-refractivity contribution is 7.89. The van der Waals surface area contributed by atoms with Crippen LogP contribution in [-0.4, -0.2) is 28.2 Å². The molecule has 18 heavy (non-hydrogen) atoms. The molecule has 0 aromatic heterocycles. The lowest BCUT2D eigenvalue weighted by Crippen LogP contribution is -2.37. The van der Waals surface area contributed by atoms with Gasteiger partial charge in [-0.3, -0.25) is 0 Å². The first-order valence-electron chi connectivity index (χ1n) is 5.37. The third-order valence-electron chi connectivity index (χ3n) is 2.37. The average molecular weight is 312 g/mol. The molecule has 1 atom stereocenters. The zero-order valence-corrected chi connectivity index (χ0v) is 12.4. The molecule has 4 nitrogen and oxygen atoms in total. The molecule has 0 saturated heterocycles. The first-order valence-corrected chi connectivity index (χ1v) is 7.61. The van der Waals surface area contributed by atoms with Gasteiger partial charge < -0.3 is 4.74 Å². The Morgan fingerprint density at radius 2 is 2.06 bits per heavy atom. The Hall–Kier alpha value is -0.330. The van der Waals surface area contributed by atoms with Crippen LogP contribution in [0.25, 0.3) is 0 Å². The molecule has 102 valence electrons. The van der Waals surface area contributed by atoms with Crippen LogP contribution in [0.3, 0.4) is 0 Å². The van der Waals surface area contributed by atoms with Crippen LogP contribution in [0.15, 0.2) is 23.1 Å². The van der Waals surface area contributed by atoms with E-state index < -0.39 is 10.0 Å². The summed E-state index contributed by atoms with van der Waals surface area (Å²) < 4.78 is 31.7. The van der Waals surface area contributed by atoms with E-state index in [0.717, 1.165) is 0 Å². The Balaban J connectivity index is 2.99. The lowest BCUT2D eigenvalue weighted by atomic mass is 10.3. The molecular weight excluding hydrogens is 297 g/mol. The molecule has 0 bridgehead atoms. The minimum Gasteiger partial charge on any atom is -0.383 e. The van der Waals surface area contributed by atoms with Gasteiger partial charge in [0.15, 0.2) is 0 Å². The van der Waals surface area contributed by atoms with Gasteiger partial charge >= 0.3 is 0 Å². The summed E-state index contributed by atoms with van der Waals surface area (Å²) >= 11 is 11.6. The summed E-state index contributed by atoms with van der Waals surface area (Å²) in [7, 11) is -2.14. The number of benzene rings is 1. The number of methoxy groups -OCH3 is 1. The summed E-state index contributed by atoms with van der Waals surface area (Å²) in [4.78, 5) is 0.0168. The SMILES string of the molecule is CCC(COC)NS(=O)(=O)c1ccc(Cl)cc1Cl. The Labute approximate surface area is 117 Å². The molecule has 1 rings (SSSR count). The van der Waals surface area contributed by atoms with Gasteiger partial charge in [-0.2, -0.15) is 0 Å². The van der Waals surface area contributed by atoms with Crippen molar-refractivity contribution in [2.24, 2.45) is 0 Å². The van der Waals surface area contributed by atoms with Crippen LogP contribution < -0.4 is 4.72 Å². The monoisotopic (exact) mass is 311 g/mol. The van der Waals surface area contributed by atoms with Crippen LogP contribution in [0.5, 0.6) is 0 Å². The molecule has 0 amide bonds. The Morgan fingerprint density at radius 3 is 2.56 bits per heavy atom. The largest absolute Gasteiger partial charge is 0.383 e. The molecule has 0 aliphatic rings. The van der Waals surface area contributed by atoms with E-state index in [1.807, 2.05) is 6.92 Å². The van der Waals surface area contributed by atoms with Crippen molar-refractivity contribution in [3.05, 3.63) is 28.2 Å². The molecule has 1 aromatic rings. The number of halogens is 2. The van der Waals surface area contributed by atoms with Crippen molar-refractivity contribution >= 4 is 33.2 Å². The quantitative estimate of drug-likeness (QED) is 0.878. The second-order valence-corrected chi connectivity index (χ2v) is 6.28. The number of hydrogen-bond donors (Lipinski definition) is 1. The minimum atomic E-state index is -3.66. The van der Waals surface area contributed by atoms with Gasteiger partial charge in [0.25, 0.3) is 0 Å². The van der Waals surface area contributed by atoms with Crippen molar-refractivity contribution in [3.63, 3.8) is 0 Å². The van der Waals surface area contributed by atoms with E-state index in [1.54, 1.807) is 0 Å². The van der Waals surface area contributed by atoms with E-state index in [-0.39, 0.29) is 16.0 Å². The molecule has 1 aromatic carbocycles. The first kappa shape index (κ1) is 15.7. The van der Waals surface area contributed by atoms with E-state index in [0.29, 0.717) is 18.1 Å². The van der Waals surface area contributed by atoms with E-state index in [9.17, 15) is 8.42 Å². The normalized spacial score (nSPS) is 13.6. The van der Waals surface area contributed by atoms with E-state index >= 15 is 0 Å². The zero-order valence-electron chi connectivity index (χ0n) is 10.1. The lowest BCUT2D eigenvalue weighted by Gasteiger charge is -2.16. The molecular formula is C11H15Cl2NO3S. The highest BCUT2D eigenvalue weighted by Gasteiger charge is 2.21. The van der Waals surface area contributed by atoms with Gasteiger partial charge in [-0.1, -0.05) is 30.1 Å². The van der Waals surface area contributed by atoms with Gasteiger partial charge in [0.1, 0.15) is 4.90 Å². The number of rotatable bonds is 6. The molecule has 1 N–H and O–H groups in total. The van der Waals surface area contributed by atoms with Crippen molar-refractivity contribution < 1.29 is 13.2 Å². The Morgan fingerprint density at radius 1 is 1.39 bits per heavy atom. The lowest BCUT2D eigenvalue weighted by molar-refractivity contribution is 0.173. The molecule has 0 radical (unpaired) electrons. The predicted octanol–water partition coefficient (Wildman–Crippen LogP) is 2.70. The van der Waals surface area contributed by atoms with Crippen LogP contribution >= 0.6 is 23.2 Å². The van der Waals surface area contributed by atoms with Gasteiger partial charge in [0.2, 0.25) is 10.0 Å². The molecule has 0 spiro atoms. The highest BCUT2D eigenvalue weighted by Crippen LogP contribution is 2.25. The molecule has 0 aliphatic heterocycles. The van der Waals surface area contributed by atoms with E-state index in [4.69, 9.17) is 27.9 Å². The smallest absolute Gasteiger partial charge is 0.242 e. The van der Waals surface area contributed by atoms with Crippen LogP contribution in [0.4, 0.5) is 0 Å². The molecule has 0 aliphatic carbocycles. The maximum Gasteiger partial charge on any atom is 0.242 e.